The lowest BCUT2D eigenvalue weighted by Gasteiger charge is -2.36. The highest BCUT2D eigenvalue weighted by Gasteiger charge is 2.21. The molecule has 1 saturated heterocycles. The van der Waals surface area contributed by atoms with Gasteiger partial charge in [-0.1, -0.05) is 0 Å². The van der Waals surface area contributed by atoms with E-state index in [2.05, 4.69) is 38.8 Å². The summed E-state index contributed by atoms with van der Waals surface area (Å²) in [4.78, 5) is 15.2. The first kappa shape index (κ1) is 15.3. The molecule has 2 heterocycles. The number of nitrogens with zero attached hydrogens (tertiary/aromatic N) is 5. The number of nitrogens with two attached hydrogens (primary N) is 1. The second kappa shape index (κ2) is 6.56. The Morgan fingerprint density at radius 1 is 1.20 bits per heavy atom. The number of likely N-dealkylation sites (N-methyl/N-ethyl adjacent to an activating group) is 1. The zero-order chi connectivity index (χ0) is 14.7. The summed E-state index contributed by atoms with van der Waals surface area (Å²) >= 11 is 5.93. The molecular weight excluding hydrogens is 276 g/mol. The molecule has 0 radical (unpaired) electrons. The summed E-state index contributed by atoms with van der Waals surface area (Å²) in [6.07, 6.45) is 0. The normalized spacial score (nSPS) is 16.9. The molecule has 20 heavy (non-hydrogen) atoms. The van der Waals surface area contributed by atoms with Crippen LogP contribution in [0.3, 0.4) is 0 Å². The van der Waals surface area contributed by atoms with E-state index in [0.29, 0.717) is 5.69 Å². The highest BCUT2D eigenvalue weighted by molar-refractivity contribution is 6.28. The minimum atomic E-state index is 0.265. The van der Waals surface area contributed by atoms with E-state index in [1.807, 2.05) is 6.92 Å². The molecule has 2 N–H and O–H groups in total. The van der Waals surface area contributed by atoms with Crippen LogP contribution >= 0.6 is 11.6 Å². The second-order valence-corrected chi connectivity index (χ2v) is 5.79. The molecule has 0 aliphatic carbocycles. The van der Waals surface area contributed by atoms with Crippen LogP contribution in [0, 0.1) is 6.92 Å². The second-order valence-electron chi connectivity index (χ2n) is 5.45. The zero-order valence-electron chi connectivity index (χ0n) is 12.4. The Kier molecular flexibility index (Phi) is 5.01. The van der Waals surface area contributed by atoms with E-state index in [1.165, 1.54) is 0 Å². The Morgan fingerprint density at radius 2 is 1.85 bits per heavy atom. The van der Waals surface area contributed by atoms with Gasteiger partial charge in [0, 0.05) is 39.3 Å². The molecule has 0 amide bonds. The lowest BCUT2D eigenvalue weighted by Crippen LogP contribution is -2.48. The van der Waals surface area contributed by atoms with E-state index in [0.717, 1.165) is 50.8 Å². The van der Waals surface area contributed by atoms with E-state index in [1.54, 1.807) is 0 Å². The van der Waals surface area contributed by atoms with Gasteiger partial charge < -0.3 is 15.5 Å². The predicted octanol–water partition coefficient (Wildman–Crippen LogP) is 0.704. The first-order chi connectivity index (χ1) is 9.47. The van der Waals surface area contributed by atoms with Crippen molar-refractivity contribution in [2.75, 3.05) is 64.0 Å². The molecular formula is C13H23ClN6. The first-order valence-corrected chi connectivity index (χ1v) is 7.27. The van der Waals surface area contributed by atoms with Gasteiger partial charge in [-0.2, -0.15) is 4.98 Å². The average Bonchev–Trinajstić information content (AvgIpc) is 2.41. The fourth-order valence-electron chi connectivity index (χ4n) is 2.30. The van der Waals surface area contributed by atoms with E-state index >= 15 is 0 Å². The van der Waals surface area contributed by atoms with Gasteiger partial charge in [0.1, 0.15) is 0 Å². The lowest BCUT2D eigenvalue weighted by molar-refractivity contribution is 0.229. The first-order valence-electron chi connectivity index (χ1n) is 6.89. The standard InChI is InChI=1S/C13H23ClN6/c1-10-11(15)12(17-13(14)16-10)20-8-6-19(7-9-20)5-4-18(2)3/h4-9,15H2,1-3H3. The Hall–Kier alpha value is -1.11. The van der Waals surface area contributed by atoms with Gasteiger partial charge in [0.25, 0.3) is 0 Å². The monoisotopic (exact) mass is 298 g/mol. The number of aromatic nitrogens is 2. The van der Waals surface area contributed by atoms with Crippen LogP contribution in [-0.2, 0) is 0 Å². The molecule has 0 unspecified atom stereocenters. The molecule has 1 fully saturated rings. The van der Waals surface area contributed by atoms with Crippen LogP contribution in [0.25, 0.3) is 0 Å². The molecule has 1 aliphatic rings. The minimum absolute atomic E-state index is 0.265. The number of halogens is 1. The molecule has 0 atom stereocenters. The smallest absolute Gasteiger partial charge is 0.224 e. The number of anilines is 2. The van der Waals surface area contributed by atoms with Crippen LogP contribution < -0.4 is 10.6 Å². The number of piperazine rings is 1. The molecule has 6 nitrogen and oxygen atoms in total. The van der Waals surface area contributed by atoms with E-state index in [-0.39, 0.29) is 5.28 Å². The maximum absolute atomic E-state index is 6.07. The van der Waals surface area contributed by atoms with Crippen molar-refractivity contribution in [1.82, 2.24) is 19.8 Å². The van der Waals surface area contributed by atoms with Crippen LogP contribution in [0.2, 0.25) is 5.28 Å². The highest BCUT2D eigenvalue weighted by Crippen LogP contribution is 2.25. The van der Waals surface area contributed by atoms with Crippen molar-refractivity contribution in [3.8, 4) is 0 Å². The van der Waals surface area contributed by atoms with Crippen molar-refractivity contribution in [2.24, 2.45) is 0 Å². The van der Waals surface area contributed by atoms with Crippen LogP contribution in [0.4, 0.5) is 11.5 Å². The van der Waals surface area contributed by atoms with E-state index < -0.39 is 0 Å². The molecule has 0 saturated carbocycles. The Labute approximate surface area is 125 Å². The summed E-state index contributed by atoms with van der Waals surface area (Å²) in [5.74, 6) is 0.773. The molecule has 0 spiro atoms. The topological polar surface area (TPSA) is 61.5 Å². The summed E-state index contributed by atoms with van der Waals surface area (Å²) in [6.45, 7) is 7.93. The van der Waals surface area contributed by atoms with Gasteiger partial charge in [-0.25, -0.2) is 4.98 Å². The number of nitrogen functional groups attached to an aromatic ring is 1. The lowest BCUT2D eigenvalue weighted by atomic mass is 10.2. The van der Waals surface area contributed by atoms with Crippen molar-refractivity contribution in [1.29, 1.82) is 0 Å². The van der Waals surface area contributed by atoms with Gasteiger partial charge >= 0.3 is 0 Å². The predicted molar refractivity (Wildman–Crippen MR) is 83.4 cm³/mol. The molecule has 0 aromatic carbocycles. The maximum atomic E-state index is 6.07. The van der Waals surface area contributed by atoms with Gasteiger partial charge in [-0.3, -0.25) is 4.90 Å². The molecule has 0 bridgehead atoms. The summed E-state index contributed by atoms with van der Waals surface area (Å²) in [6, 6.07) is 0. The summed E-state index contributed by atoms with van der Waals surface area (Å²) < 4.78 is 0. The third kappa shape index (κ3) is 3.71. The fraction of sp³-hybridized carbons (Fsp3) is 0.692. The van der Waals surface area contributed by atoms with Crippen LogP contribution in [0.1, 0.15) is 5.69 Å². The van der Waals surface area contributed by atoms with Crippen molar-refractivity contribution >= 4 is 23.1 Å². The minimum Gasteiger partial charge on any atom is -0.394 e. The maximum Gasteiger partial charge on any atom is 0.224 e. The van der Waals surface area contributed by atoms with Crippen molar-refractivity contribution in [3.05, 3.63) is 11.0 Å². The quantitative estimate of drug-likeness (QED) is 0.826. The summed E-state index contributed by atoms with van der Waals surface area (Å²) in [7, 11) is 4.20. The SMILES string of the molecule is Cc1nc(Cl)nc(N2CCN(CCN(C)C)CC2)c1N. The largest absolute Gasteiger partial charge is 0.394 e. The number of hydrogen-bond acceptors (Lipinski definition) is 6. The molecule has 112 valence electrons. The highest BCUT2D eigenvalue weighted by atomic mass is 35.5. The summed E-state index contributed by atoms with van der Waals surface area (Å²) in [5, 5.41) is 0.265. The third-order valence-corrected chi connectivity index (χ3v) is 3.79. The third-order valence-electron chi connectivity index (χ3n) is 3.62. The Balaban J connectivity index is 1.97. The van der Waals surface area contributed by atoms with Gasteiger partial charge in [-0.15, -0.1) is 0 Å². The van der Waals surface area contributed by atoms with Gasteiger partial charge in [-0.05, 0) is 32.6 Å². The fourth-order valence-corrected chi connectivity index (χ4v) is 2.51. The van der Waals surface area contributed by atoms with Gasteiger partial charge in [0.05, 0.1) is 11.4 Å². The van der Waals surface area contributed by atoms with E-state index in [9.17, 15) is 0 Å². The van der Waals surface area contributed by atoms with Crippen LogP contribution in [0.5, 0.6) is 0 Å². The van der Waals surface area contributed by atoms with Gasteiger partial charge in [0.2, 0.25) is 5.28 Å². The van der Waals surface area contributed by atoms with E-state index in [4.69, 9.17) is 17.3 Å². The number of rotatable bonds is 4. The molecule has 7 heteroatoms. The Morgan fingerprint density at radius 3 is 2.45 bits per heavy atom. The number of aryl methyl sites for hydroxylation is 1. The molecule has 2 rings (SSSR count). The average molecular weight is 299 g/mol. The van der Waals surface area contributed by atoms with Crippen molar-refractivity contribution in [2.45, 2.75) is 6.92 Å². The van der Waals surface area contributed by atoms with Crippen LogP contribution in [-0.4, -0.2) is 73.1 Å². The number of hydrogen-bond donors (Lipinski definition) is 1. The zero-order valence-corrected chi connectivity index (χ0v) is 13.2. The van der Waals surface area contributed by atoms with Crippen molar-refractivity contribution in [3.63, 3.8) is 0 Å². The molecule has 1 aromatic heterocycles. The Bertz CT molecular complexity index is 456. The summed E-state index contributed by atoms with van der Waals surface area (Å²) in [5.41, 5.74) is 7.45. The van der Waals surface area contributed by atoms with Crippen molar-refractivity contribution < 1.29 is 0 Å². The molecule has 1 aromatic rings. The van der Waals surface area contributed by atoms with Gasteiger partial charge in [0.15, 0.2) is 5.82 Å². The van der Waals surface area contributed by atoms with Crippen LogP contribution in [0.15, 0.2) is 0 Å². The molecule has 1 aliphatic heterocycles.